The van der Waals surface area contributed by atoms with E-state index in [1.54, 1.807) is 0 Å². The zero-order valence-electron chi connectivity index (χ0n) is 6.45. The van der Waals surface area contributed by atoms with Crippen LogP contribution in [0.3, 0.4) is 0 Å². The lowest BCUT2D eigenvalue weighted by Gasteiger charge is -2.10. The van der Waals surface area contributed by atoms with E-state index in [1.165, 1.54) is 0 Å². The van der Waals surface area contributed by atoms with Gasteiger partial charge in [-0.2, -0.15) is 0 Å². The van der Waals surface area contributed by atoms with E-state index in [0.717, 1.165) is 19.3 Å². The van der Waals surface area contributed by atoms with Gasteiger partial charge in [-0.1, -0.05) is 26.2 Å². The van der Waals surface area contributed by atoms with Gasteiger partial charge in [-0.25, -0.2) is 13.2 Å². The Bertz CT molecular complexity index is 91.3. The molecule has 3 heteroatoms. The Morgan fingerprint density at radius 2 is 1.91 bits per heavy atom. The predicted octanol–water partition coefficient (Wildman–Crippen LogP) is 3.19. The van der Waals surface area contributed by atoms with Crippen molar-refractivity contribution in [2.75, 3.05) is 6.67 Å². The topological polar surface area (TPSA) is 0 Å². The normalized spacial score (nSPS) is 12.0. The first-order chi connectivity index (χ1) is 5.12. The fraction of sp³-hybridized carbons (Fsp3) is 0.750. The van der Waals surface area contributed by atoms with E-state index in [9.17, 15) is 13.2 Å². The molecule has 0 rings (SSSR count). The molecule has 0 unspecified atom stereocenters. The first-order valence-electron chi connectivity index (χ1n) is 3.70. The molecule has 0 aromatic rings. The highest BCUT2D eigenvalue weighted by atomic mass is 19.3. The number of hydrogen-bond donors (Lipinski definition) is 0. The summed E-state index contributed by atoms with van der Waals surface area (Å²) in [6, 6.07) is 0. The van der Waals surface area contributed by atoms with Crippen LogP contribution in [0.4, 0.5) is 13.2 Å². The van der Waals surface area contributed by atoms with Gasteiger partial charge in [-0.3, -0.25) is 0 Å². The van der Waals surface area contributed by atoms with Crippen LogP contribution >= 0.6 is 0 Å². The molecule has 0 fully saturated rings. The summed E-state index contributed by atoms with van der Waals surface area (Å²) in [4.78, 5) is 0. The van der Waals surface area contributed by atoms with Crippen LogP contribution in [-0.4, -0.2) is 12.6 Å². The van der Waals surface area contributed by atoms with Crippen molar-refractivity contribution in [2.45, 2.75) is 31.6 Å². The maximum atomic E-state index is 12.1. The third kappa shape index (κ3) is 6.20. The van der Waals surface area contributed by atoms with E-state index in [1.807, 2.05) is 0 Å². The van der Waals surface area contributed by atoms with Crippen molar-refractivity contribution in [2.24, 2.45) is 0 Å². The summed E-state index contributed by atoms with van der Waals surface area (Å²) in [6.07, 6.45) is 3.24. The molecule has 0 spiro atoms. The second-order valence-corrected chi connectivity index (χ2v) is 2.45. The molecule has 0 N–H and O–H groups in total. The first-order valence-corrected chi connectivity index (χ1v) is 3.70. The fourth-order valence-corrected chi connectivity index (χ4v) is 0.689. The molecule has 0 aromatic carbocycles. The van der Waals surface area contributed by atoms with E-state index in [-0.39, 0.29) is 6.42 Å². The zero-order valence-corrected chi connectivity index (χ0v) is 6.45. The first kappa shape index (κ1) is 10.8. The van der Waals surface area contributed by atoms with Crippen molar-refractivity contribution in [1.29, 1.82) is 0 Å². The molecule has 0 aliphatic rings. The summed E-state index contributed by atoms with van der Waals surface area (Å²) in [5.41, 5.74) is 0. The van der Waals surface area contributed by atoms with Crippen LogP contribution in [0, 0.1) is 13.3 Å². The van der Waals surface area contributed by atoms with Gasteiger partial charge in [-0.05, 0) is 6.42 Å². The van der Waals surface area contributed by atoms with E-state index in [0.29, 0.717) is 6.42 Å². The lowest BCUT2D eigenvalue weighted by Crippen LogP contribution is -2.18. The Kier molecular flexibility index (Phi) is 5.34. The van der Waals surface area contributed by atoms with Gasteiger partial charge in [0.05, 0.1) is 0 Å². The molecule has 0 heterocycles. The van der Waals surface area contributed by atoms with Crippen LogP contribution in [0.1, 0.15) is 25.7 Å². The summed E-state index contributed by atoms with van der Waals surface area (Å²) in [5, 5.41) is 0. The van der Waals surface area contributed by atoms with Crippen molar-refractivity contribution in [3.8, 4) is 0 Å². The van der Waals surface area contributed by atoms with Crippen molar-refractivity contribution >= 4 is 0 Å². The van der Waals surface area contributed by atoms with Crippen LogP contribution in [0.25, 0.3) is 0 Å². The number of halogens is 3. The number of unbranched alkanes of at least 4 members (excludes halogenated alkanes) is 3. The summed E-state index contributed by atoms with van der Waals surface area (Å²) in [5.74, 6) is -3.22. The maximum absolute atomic E-state index is 12.1. The quantitative estimate of drug-likeness (QED) is 0.531. The van der Waals surface area contributed by atoms with Gasteiger partial charge in [0.1, 0.15) is 0 Å². The van der Waals surface area contributed by atoms with Gasteiger partial charge in [-0.15, -0.1) is 0 Å². The summed E-state index contributed by atoms with van der Waals surface area (Å²) < 4.78 is 35.8. The Hall–Kier alpha value is -0.210. The van der Waals surface area contributed by atoms with Gasteiger partial charge in [0.15, 0.2) is 6.67 Å². The summed E-state index contributed by atoms with van der Waals surface area (Å²) in [7, 11) is 0. The minimum atomic E-state index is -3.22. The molecular weight excluding hydrogens is 153 g/mol. The van der Waals surface area contributed by atoms with Crippen molar-refractivity contribution < 1.29 is 13.2 Å². The molecule has 0 aromatic heterocycles. The molecule has 0 aliphatic carbocycles. The lowest BCUT2D eigenvalue weighted by atomic mass is 10.1. The predicted molar refractivity (Wildman–Crippen MR) is 39.0 cm³/mol. The minimum absolute atomic E-state index is 0.270. The van der Waals surface area contributed by atoms with E-state index in [4.69, 9.17) is 0 Å². The molecule has 0 bridgehead atoms. The van der Waals surface area contributed by atoms with Crippen LogP contribution in [0.5, 0.6) is 0 Å². The van der Waals surface area contributed by atoms with Gasteiger partial charge in [0.2, 0.25) is 0 Å². The van der Waals surface area contributed by atoms with E-state index >= 15 is 0 Å². The van der Waals surface area contributed by atoms with Crippen LogP contribution in [0.2, 0.25) is 0 Å². The van der Waals surface area contributed by atoms with E-state index in [2.05, 4.69) is 6.92 Å². The summed E-state index contributed by atoms with van der Waals surface area (Å²) >= 11 is 0. The SMILES string of the molecule is [CH2]CCCC[CH]C(F)(F)CF. The van der Waals surface area contributed by atoms with E-state index < -0.39 is 12.6 Å². The molecule has 66 valence electrons. The molecule has 0 atom stereocenters. The highest BCUT2D eigenvalue weighted by molar-refractivity contribution is 4.83. The molecule has 0 amide bonds. The molecule has 0 aliphatic heterocycles. The van der Waals surface area contributed by atoms with Crippen LogP contribution in [0.15, 0.2) is 0 Å². The van der Waals surface area contributed by atoms with Crippen molar-refractivity contribution in [1.82, 2.24) is 0 Å². The summed E-state index contributed by atoms with van der Waals surface area (Å²) in [6.45, 7) is 1.98. The Balaban J connectivity index is 3.23. The Morgan fingerprint density at radius 3 is 2.36 bits per heavy atom. The average Bonchev–Trinajstić information content (AvgIpc) is 1.99. The van der Waals surface area contributed by atoms with Crippen LogP contribution in [-0.2, 0) is 0 Å². The standard InChI is InChI=1S/C8H13F3/c1-2-3-4-5-6-8(10,11)7-9/h6H,1-5,7H2. The van der Waals surface area contributed by atoms with Gasteiger partial charge < -0.3 is 0 Å². The molecule has 0 saturated carbocycles. The lowest BCUT2D eigenvalue weighted by molar-refractivity contribution is 0.00752. The smallest absolute Gasteiger partial charge is 0.244 e. The molecule has 2 radical (unpaired) electrons. The zero-order chi connectivity index (χ0) is 8.74. The fourth-order valence-electron chi connectivity index (χ4n) is 0.689. The highest BCUT2D eigenvalue weighted by Crippen LogP contribution is 2.20. The van der Waals surface area contributed by atoms with Crippen molar-refractivity contribution in [3.63, 3.8) is 0 Å². The molecule has 0 saturated heterocycles. The monoisotopic (exact) mass is 166 g/mol. The number of rotatable bonds is 6. The average molecular weight is 166 g/mol. The molecular formula is C8H13F3. The van der Waals surface area contributed by atoms with Gasteiger partial charge >= 0.3 is 0 Å². The Morgan fingerprint density at radius 1 is 1.27 bits per heavy atom. The number of alkyl halides is 3. The van der Waals surface area contributed by atoms with Crippen LogP contribution < -0.4 is 0 Å². The minimum Gasteiger partial charge on any atom is -0.244 e. The second-order valence-electron chi connectivity index (χ2n) is 2.45. The third-order valence-electron chi connectivity index (χ3n) is 1.33. The Labute approximate surface area is 65.8 Å². The third-order valence-corrected chi connectivity index (χ3v) is 1.33. The van der Waals surface area contributed by atoms with Crippen molar-refractivity contribution in [3.05, 3.63) is 13.3 Å². The van der Waals surface area contributed by atoms with Gasteiger partial charge in [0.25, 0.3) is 5.92 Å². The largest absolute Gasteiger partial charge is 0.279 e. The van der Waals surface area contributed by atoms with Gasteiger partial charge in [0, 0.05) is 6.42 Å². The second kappa shape index (κ2) is 5.44. The highest BCUT2D eigenvalue weighted by Gasteiger charge is 2.27. The molecule has 11 heavy (non-hydrogen) atoms. The number of hydrogen-bond acceptors (Lipinski definition) is 0. The molecule has 0 nitrogen and oxygen atoms in total. The maximum Gasteiger partial charge on any atom is 0.279 e.